The topological polar surface area (TPSA) is 67.2 Å². The van der Waals surface area contributed by atoms with Gasteiger partial charge in [0.05, 0.1) is 17.8 Å². The van der Waals surface area contributed by atoms with Crippen molar-refractivity contribution < 1.29 is 9.59 Å². The molecule has 0 radical (unpaired) electrons. The molecule has 0 atom stereocenters. The summed E-state index contributed by atoms with van der Waals surface area (Å²) in [5.74, 6) is -0.472. The number of hydrogen-bond acceptors (Lipinski definition) is 3. The summed E-state index contributed by atoms with van der Waals surface area (Å²) in [6, 6.07) is 15.7. The van der Waals surface area contributed by atoms with E-state index in [0.29, 0.717) is 11.3 Å². The summed E-state index contributed by atoms with van der Waals surface area (Å²) in [7, 11) is 3.17. The van der Waals surface area contributed by atoms with Crippen LogP contribution in [0.2, 0.25) is 0 Å². The predicted molar refractivity (Wildman–Crippen MR) is 110 cm³/mol. The molecule has 3 rings (SSSR count). The first-order valence-corrected chi connectivity index (χ1v) is 9.09. The molecular weight excluding hydrogens is 352 g/mol. The summed E-state index contributed by atoms with van der Waals surface area (Å²) < 4.78 is 1.70. The summed E-state index contributed by atoms with van der Waals surface area (Å²) in [5.41, 5.74) is 5.02. The largest absolute Gasteiger partial charge is 0.358 e. The highest BCUT2D eigenvalue weighted by Crippen LogP contribution is 2.28. The maximum Gasteiger partial charge on any atom is 0.257 e. The molecular formula is C22H24N4O2. The molecule has 0 bridgehead atoms. The normalized spacial score (nSPS) is 10.6. The number of amides is 2. The monoisotopic (exact) mass is 376 g/mol. The molecule has 0 unspecified atom stereocenters. The highest BCUT2D eigenvalue weighted by molar-refractivity contribution is 6.01. The Morgan fingerprint density at radius 1 is 1.11 bits per heavy atom. The third-order valence-corrected chi connectivity index (χ3v) is 4.61. The van der Waals surface area contributed by atoms with Gasteiger partial charge in [0.2, 0.25) is 5.91 Å². The van der Waals surface area contributed by atoms with Gasteiger partial charge in [-0.15, -0.1) is 0 Å². The second-order valence-electron chi connectivity index (χ2n) is 6.82. The Bertz CT molecular complexity index is 1010. The van der Waals surface area contributed by atoms with E-state index in [9.17, 15) is 9.59 Å². The van der Waals surface area contributed by atoms with Crippen LogP contribution >= 0.6 is 0 Å². The van der Waals surface area contributed by atoms with Gasteiger partial charge in [0.1, 0.15) is 5.69 Å². The molecule has 144 valence electrons. The van der Waals surface area contributed by atoms with Crippen molar-refractivity contribution in [2.24, 2.45) is 0 Å². The quantitative estimate of drug-likeness (QED) is 0.744. The molecule has 2 amide bonds. The molecule has 3 aromatic rings. The van der Waals surface area contributed by atoms with Crippen LogP contribution in [0.3, 0.4) is 0 Å². The van der Waals surface area contributed by atoms with Crippen LogP contribution in [-0.4, -0.2) is 47.1 Å². The van der Waals surface area contributed by atoms with E-state index in [2.05, 4.69) is 11.4 Å². The molecule has 6 nitrogen and oxygen atoms in total. The number of hydrogen-bond donors (Lipinski definition) is 1. The van der Waals surface area contributed by atoms with Gasteiger partial charge in [-0.05, 0) is 31.5 Å². The highest BCUT2D eigenvalue weighted by Gasteiger charge is 2.23. The molecule has 1 heterocycles. The van der Waals surface area contributed by atoms with Gasteiger partial charge >= 0.3 is 0 Å². The lowest BCUT2D eigenvalue weighted by atomic mass is 10.0. The number of para-hydroxylation sites is 1. The van der Waals surface area contributed by atoms with Crippen LogP contribution in [0.1, 0.15) is 21.5 Å². The van der Waals surface area contributed by atoms with Crippen molar-refractivity contribution in [2.75, 3.05) is 20.6 Å². The molecule has 0 aliphatic carbocycles. The Labute approximate surface area is 164 Å². The molecule has 1 aromatic heterocycles. The third kappa shape index (κ3) is 3.96. The van der Waals surface area contributed by atoms with Crippen LogP contribution < -0.4 is 5.32 Å². The molecule has 0 aliphatic rings. The number of nitrogens with one attached hydrogen (secondary N) is 1. The van der Waals surface area contributed by atoms with Crippen LogP contribution in [-0.2, 0) is 4.79 Å². The van der Waals surface area contributed by atoms with Gasteiger partial charge in [-0.25, -0.2) is 4.68 Å². The van der Waals surface area contributed by atoms with Gasteiger partial charge in [-0.3, -0.25) is 9.59 Å². The number of carbonyl (C=O) groups is 2. The number of rotatable bonds is 5. The summed E-state index contributed by atoms with van der Waals surface area (Å²) in [6.45, 7) is 4.02. The van der Waals surface area contributed by atoms with Crippen molar-refractivity contribution in [3.8, 4) is 16.9 Å². The van der Waals surface area contributed by atoms with E-state index in [-0.39, 0.29) is 18.4 Å². The second-order valence-corrected chi connectivity index (χ2v) is 6.82. The lowest BCUT2D eigenvalue weighted by Crippen LogP contribution is -2.37. The molecule has 28 heavy (non-hydrogen) atoms. The van der Waals surface area contributed by atoms with E-state index in [1.807, 2.05) is 56.3 Å². The fourth-order valence-electron chi connectivity index (χ4n) is 3.09. The zero-order chi connectivity index (χ0) is 20.3. The highest BCUT2D eigenvalue weighted by atomic mass is 16.2. The number of nitrogens with zero attached hydrogens (tertiary/aromatic N) is 3. The molecule has 0 saturated heterocycles. The fourth-order valence-corrected chi connectivity index (χ4v) is 3.09. The molecule has 0 spiro atoms. The molecule has 1 N–H and O–H groups in total. The first-order chi connectivity index (χ1) is 13.4. The summed E-state index contributed by atoms with van der Waals surface area (Å²) in [6.07, 6.45) is 1.73. The van der Waals surface area contributed by atoms with Crippen LogP contribution in [0.4, 0.5) is 0 Å². The number of likely N-dealkylation sites (N-methyl/N-ethyl adjacent to an activating group) is 2. The minimum absolute atomic E-state index is 0.0157. The van der Waals surface area contributed by atoms with E-state index < -0.39 is 0 Å². The summed E-state index contributed by atoms with van der Waals surface area (Å²) >= 11 is 0. The van der Waals surface area contributed by atoms with Crippen molar-refractivity contribution in [1.29, 1.82) is 0 Å². The second kappa shape index (κ2) is 8.08. The Morgan fingerprint density at radius 3 is 2.46 bits per heavy atom. The van der Waals surface area contributed by atoms with Crippen LogP contribution in [0.5, 0.6) is 0 Å². The van der Waals surface area contributed by atoms with Crippen LogP contribution in [0, 0.1) is 13.8 Å². The maximum atomic E-state index is 13.1. The lowest BCUT2D eigenvalue weighted by molar-refractivity contribution is -0.121. The Hall–Kier alpha value is -3.41. The lowest BCUT2D eigenvalue weighted by Gasteiger charge is -2.16. The zero-order valence-corrected chi connectivity index (χ0v) is 16.6. The molecule has 2 aromatic carbocycles. The van der Waals surface area contributed by atoms with E-state index in [4.69, 9.17) is 5.10 Å². The van der Waals surface area contributed by atoms with E-state index in [1.54, 1.807) is 25.0 Å². The van der Waals surface area contributed by atoms with Crippen molar-refractivity contribution in [2.45, 2.75) is 13.8 Å². The number of aryl methyl sites for hydroxylation is 2. The van der Waals surface area contributed by atoms with Gasteiger partial charge in [0.25, 0.3) is 5.91 Å². The Morgan fingerprint density at radius 2 is 1.82 bits per heavy atom. The molecule has 0 saturated carbocycles. The van der Waals surface area contributed by atoms with Gasteiger partial charge < -0.3 is 10.2 Å². The van der Waals surface area contributed by atoms with Crippen molar-refractivity contribution in [3.05, 3.63) is 71.4 Å². The Kier molecular flexibility index (Phi) is 5.59. The standard InChI is InChI=1S/C22H24N4O2/c1-15-10-11-18(16(2)12-15)21-19(22(28)25(4)14-20(27)23-3)13-26(24-21)17-8-6-5-7-9-17/h5-13H,14H2,1-4H3,(H,23,27). The van der Waals surface area contributed by atoms with Gasteiger partial charge in [-0.2, -0.15) is 5.10 Å². The van der Waals surface area contributed by atoms with E-state index in [1.165, 1.54) is 4.90 Å². The minimum atomic E-state index is -0.249. The van der Waals surface area contributed by atoms with Crippen LogP contribution in [0.15, 0.2) is 54.7 Å². The number of benzene rings is 2. The smallest absolute Gasteiger partial charge is 0.257 e. The van der Waals surface area contributed by atoms with Crippen molar-refractivity contribution in [3.63, 3.8) is 0 Å². The van der Waals surface area contributed by atoms with Gasteiger partial charge in [-0.1, -0.05) is 42.0 Å². The maximum absolute atomic E-state index is 13.1. The summed E-state index contributed by atoms with van der Waals surface area (Å²) in [5, 5.41) is 7.25. The molecule has 6 heteroatoms. The number of carbonyl (C=O) groups excluding carboxylic acids is 2. The average Bonchev–Trinajstić information content (AvgIpc) is 3.13. The number of aromatic nitrogens is 2. The SMILES string of the molecule is CNC(=O)CN(C)C(=O)c1cn(-c2ccccc2)nc1-c1ccc(C)cc1C. The van der Waals surface area contributed by atoms with Crippen LogP contribution in [0.25, 0.3) is 16.9 Å². The minimum Gasteiger partial charge on any atom is -0.358 e. The average molecular weight is 376 g/mol. The summed E-state index contributed by atoms with van der Waals surface area (Å²) in [4.78, 5) is 26.2. The van der Waals surface area contributed by atoms with E-state index >= 15 is 0 Å². The predicted octanol–water partition coefficient (Wildman–Crippen LogP) is 2.97. The zero-order valence-electron chi connectivity index (χ0n) is 16.6. The first-order valence-electron chi connectivity index (χ1n) is 9.09. The van der Waals surface area contributed by atoms with E-state index in [0.717, 1.165) is 22.4 Å². The fraction of sp³-hybridized carbons (Fsp3) is 0.227. The Balaban J connectivity index is 2.10. The van der Waals surface area contributed by atoms with Crippen molar-refractivity contribution >= 4 is 11.8 Å². The third-order valence-electron chi connectivity index (χ3n) is 4.61. The molecule has 0 aliphatic heterocycles. The molecule has 0 fully saturated rings. The van der Waals surface area contributed by atoms with Gasteiger partial charge in [0.15, 0.2) is 0 Å². The van der Waals surface area contributed by atoms with Gasteiger partial charge in [0, 0.05) is 25.9 Å². The first kappa shape index (κ1) is 19.4. The van der Waals surface area contributed by atoms with Crippen molar-refractivity contribution in [1.82, 2.24) is 20.0 Å².